The first-order valence-electron chi connectivity index (χ1n) is 4.60. The summed E-state index contributed by atoms with van der Waals surface area (Å²) in [5, 5.41) is 4.64. The van der Waals surface area contributed by atoms with Crippen LogP contribution in [0, 0.1) is 0 Å². The first-order chi connectivity index (χ1) is 8.02. The van der Waals surface area contributed by atoms with Crippen LogP contribution in [0.1, 0.15) is 10.4 Å². The van der Waals surface area contributed by atoms with Crippen LogP contribution in [0.4, 0.5) is 5.82 Å². The quantitative estimate of drug-likeness (QED) is 0.873. The highest BCUT2D eigenvalue weighted by Crippen LogP contribution is 2.29. The summed E-state index contributed by atoms with van der Waals surface area (Å²) < 4.78 is 1.31. The summed E-state index contributed by atoms with van der Waals surface area (Å²) in [5.74, 6) is -0.520. The lowest BCUT2D eigenvalue weighted by molar-refractivity contribution is 0.100. The first-order valence-corrected chi connectivity index (χ1v) is 5.35. The standard InChI is InChI=1S/C10H8Cl2N4O/c11-6-2-1-3-7(8(6)12)16-9(13)5(4-15-16)10(14)17/h1-4H,13H2,(H2,14,17). The zero-order valence-corrected chi connectivity index (χ0v) is 10.0. The van der Waals surface area contributed by atoms with Gasteiger partial charge in [0.05, 0.1) is 21.9 Å². The van der Waals surface area contributed by atoms with Gasteiger partial charge in [0, 0.05) is 0 Å². The van der Waals surface area contributed by atoms with E-state index < -0.39 is 5.91 Å². The number of halogens is 2. The van der Waals surface area contributed by atoms with Gasteiger partial charge in [-0.2, -0.15) is 5.10 Å². The zero-order valence-electron chi connectivity index (χ0n) is 8.52. The molecule has 0 bridgehead atoms. The van der Waals surface area contributed by atoms with Gasteiger partial charge in [0.1, 0.15) is 11.4 Å². The molecule has 1 heterocycles. The smallest absolute Gasteiger partial charge is 0.254 e. The van der Waals surface area contributed by atoms with E-state index in [1.807, 2.05) is 0 Å². The van der Waals surface area contributed by atoms with Gasteiger partial charge in [-0.05, 0) is 12.1 Å². The van der Waals surface area contributed by atoms with E-state index in [1.54, 1.807) is 18.2 Å². The number of benzene rings is 1. The maximum absolute atomic E-state index is 11.0. The number of hydrogen-bond acceptors (Lipinski definition) is 3. The summed E-state index contributed by atoms with van der Waals surface area (Å²) in [7, 11) is 0. The second kappa shape index (κ2) is 4.27. The SMILES string of the molecule is NC(=O)c1cnn(-c2cccc(Cl)c2Cl)c1N. The van der Waals surface area contributed by atoms with Gasteiger partial charge in [0.2, 0.25) is 0 Å². The molecule has 1 amide bonds. The highest BCUT2D eigenvalue weighted by molar-refractivity contribution is 6.43. The van der Waals surface area contributed by atoms with Crippen LogP contribution >= 0.6 is 23.2 Å². The van der Waals surface area contributed by atoms with Gasteiger partial charge in [-0.15, -0.1) is 0 Å². The van der Waals surface area contributed by atoms with Crippen molar-refractivity contribution in [3.05, 3.63) is 40.0 Å². The number of nitrogens with two attached hydrogens (primary N) is 2. The molecule has 0 unspecified atom stereocenters. The molecule has 17 heavy (non-hydrogen) atoms. The molecule has 0 radical (unpaired) electrons. The molecule has 2 rings (SSSR count). The average molecular weight is 271 g/mol. The molecule has 0 saturated carbocycles. The van der Waals surface area contributed by atoms with E-state index in [-0.39, 0.29) is 11.4 Å². The third-order valence-electron chi connectivity index (χ3n) is 2.23. The summed E-state index contributed by atoms with van der Waals surface area (Å²) in [6, 6.07) is 5.03. The number of nitrogens with zero attached hydrogens (tertiary/aromatic N) is 2. The molecule has 5 nitrogen and oxygen atoms in total. The molecule has 0 saturated heterocycles. The van der Waals surface area contributed by atoms with Crippen molar-refractivity contribution in [1.82, 2.24) is 9.78 Å². The zero-order chi connectivity index (χ0) is 12.6. The third-order valence-corrected chi connectivity index (χ3v) is 3.04. The minimum Gasteiger partial charge on any atom is -0.383 e. The number of anilines is 1. The number of hydrogen-bond donors (Lipinski definition) is 2. The second-order valence-electron chi connectivity index (χ2n) is 3.29. The Balaban J connectivity index is 2.62. The number of primary amides is 1. The van der Waals surface area contributed by atoms with E-state index in [9.17, 15) is 4.79 Å². The molecule has 0 aliphatic carbocycles. The van der Waals surface area contributed by atoms with E-state index >= 15 is 0 Å². The van der Waals surface area contributed by atoms with Gasteiger partial charge in [-0.3, -0.25) is 4.79 Å². The Hall–Kier alpha value is -1.72. The Morgan fingerprint density at radius 2 is 2.06 bits per heavy atom. The molecule has 1 aromatic carbocycles. The summed E-state index contributed by atoms with van der Waals surface area (Å²) >= 11 is 11.9. The van der Waals surface area contributed by atoms with Gasteiger partial charge in [0.25, 0.3) is 5.91 Å². The minimum atomic E-state index is -0.646. The third kappa shape index (κ3) is 1.94. The van der Waals surface area contributed by atoms with Gasteiger partial charge in [0.15, 0.2) is 0 Å². The molecular formula is C10H8Cl2N4O. The largest absolute Gasteiger partial charge is 0.383 e. The van der Waals surface area contributed by atoms with Gasteiger partial charge < -0.3 is 11.5 Å². The van der Waals surface area contributed by atoms with Crippen molar-refractivity contribution in [2.24, 2.45) is 5.73 Å². The summed E-state index contributed by atoms with van der Waals surface area (Å²) in [5.41, 5.74) is 11.5. The van der Waals surface area contributed by atoms with Crippen LogP contribution in [0.2, 0.25) is 10.0 Å². The molecule has 4 N–H and O–H groups in total. The Morgan fingerprint density at radius 3 is 2.65 bits per heavy atom. The number of aromatic nitrogens is 2. The fraction of sp³-hybridized carbons (Fsp3) is 0. The molecule has 0 atom stereocenters. The Morgan fingerprint density at radius 1 is 1.35 bits per heavy atom. The number of nitrogen functional groups attached to an aromatic ring is 1. The lowest BCUT2D eigenvalue weighted by atomic mass is 10.3. The fourth-order valence-corrected chi connectivity index (χ4v) is 1.77. The molecule has 0 aliphatic heterocycles. The Labute approximate surface area is 107 Å². The van der Waals surface area contributed by atoms with Crippen molar-refractivity contribution in [2.75, 3.05) is 5.73 Å². The summed E-state index contributed by atoms with van der Waals surface area (Å²) in [6.07, 6.45) is 1.29. The average Bonchev–Trinajstić information content (AvgIpc) is 2.64. The van der Waals surface area contributed by atoms with Crippen molar-refractivity contribution < 1.29 is 4.79 Å². The molecule has 88 valence electrons. The molecule has 7 heteroatoms. The molecule has 1 aromatic heterocycles. The highest BCUT2D eigenvalue weighted by Gasteiger charge is 2.15. The minimum absolute atomic E-state index is 0.127. The van der Waals surface area contributed by atoms with Gasteiger partial charge >= 0.3 is 0 Å². The summed E-state index contributed by atoms with van der Waals surface area (Å²) in [6.45, 7) is 0. The van der Waals surface area contributed by atoms with Crippen LogP contribution < -0.4 is 11.5 Å². The number of rotatable bonds is 2. The van der Waals surface area contributed by atoms with E-state index in [0.29, 0.717) is 15.7 Å². The molecule has 2 aromatic rings. The van der Waals surface area contributed by atoms with Crippen molar-refractivity contribution in [3.63, 3.8) is 0 Å². The topological polar surface area (TPSA) is 86.9 Å². The van der Waals surface area contributed by atoms with E-state index in [2.05, 4.69) is 5.10 Å². The first kappa shape index (κ1) is 11.8. The number of carbonyl (C=O) groups excluding carboxylic acids is 1. The number of carbonyl (C=O) groups is 1. The molecule has 0 fully saturated rings. The maximum Gasteiger partial charge on any atom is 0.254 e. The van der Waals surface area contributed by atoms with Crippen molar-refractivity contribution in [1.29, 1.82) is 0 Å². The lowest BCUT2D eigenvalue weighted by Gasteiger charge is -2.07. The highest BCUT2D eigenvalue weighted by atomic mass is 35.5. The van der Waals surface area contributed by atoms with Gasteiger partial charge in [-0.25, -0.2) is 4.68 Å². The maximum atomic E-state index is 11.0. The normalized spacial score (nSPS) is 10.5. The molecular weight excluding hydrogens is 263 g/mol. The Kier molecular flexibility index (Phi) is 2.95. The number of amides is 1. The van der Waals surface area contributed by atoms with Crippen LogP contribution in [0.3, 0.4) is 0 Å². The van der Waals surface area contributed by atoms with Crippen LogP contribution in [-0.2, 0) is 0 Å². The van der Waals surface area contributed by atoms with Crippen LogP contribution in [0.15, 0.2) is 24.4 Å². The van der Waals surface area contributed by atoms with Crippen LogP contribution in [0.5, 0.6) is 0 Å². The van der Waals surface area contributed by atoms with Crippen molar-refractivity contribution in [2.45, 2.75) is 0 Å². The van der Waals surface area contributed by atoms with Gasteiger partial charge in [-0.1, -0.05) is 29.3 Å². The lowest BCUT2D eigenvalue weighted by Crippen LogP contribution is -2.13. The fourth-order valence-electron chi connectivity index (χ4n) is 1.40. The van der Waals surface area contributed by atoms with E-state index in [4.69, 9.17) is 34.7 Å². The second-order valence-corrected chi connectivity index (χ2v) is 4.08. The predicted octanol–water partition coefficient (Wildman–Crippen LogP) is 1.86. The van der Waals surface area contributed by atoms with Crippen molar-refractivity contribution >= 4 is 34.9 Å². The van der Waals surface area contributed by atoms with E-state index in [1.165, 1.54) is 10.9 Å². The monoisotopic (exact) mass is 270 g/mol. The molecule has 0 spiro atoms. The van der Waals surface area contributed by atoms with Crippen LogP contribution in [-0.4, -0.2) is 15.7 Å². The van der Waals surface area contributed by atoms with Crippen molar-refractivity contribution in [3.8, 4) is 5.69 Å². The Bertz CT molecular complexity index is 594. The van der Waals surface area contributed by atoms with Crippen LogP contribution in [0.25, 0.3) is 5.69 Å². The predicted molar refractivity (Wildman–Crippen MR) is 66.5 cm³/mol. The van der Waals surface area contributed by atoms with E-state index in [0.717, 1.165) is 0 Å². The summed E-state index contributed by atoms with van der Waals surface area (Å²) in [4.78, 5) is 11.0. The molecule has 0 aliphatic rings.